The van der Waals surface area contributed by atoms with Crippen molar-refractivity contribution in [2.24, 2.45) is 5.92 Å². The van der Waals surface area contributed by atoms with Crippen molar-refractivity contribution in [1.29, 1.82) is 0 Å². The number of nitrogens with zero attached hydrogens (tertiary/aromatic N) is 2. The number of thiophene rings is 1. The first-order chi connectivity index (χ1) is 11.4. The Balaban J connectivity index is 1.72. The first-order valence-corrected chi connectivity index (χ1v) is 8.88. The standard InChI is InChI=1S/C17H21N3O3S/c1-10-6-16(23)20(19-11(10)2)9-15(22)18-17(12-7-13(21)8-12)14-4-3-5-24-14/h3-6,12-13,17,21H,7-9H2,1-2H3,(H,18,22)/t12?,13?,17-/m0/s1. The van der Waals surface area contributed by atoms with Crippen LogP contribution in [-0.2, 0) is 11.3 Å². The Morgan fingerprint density at radius 2 is 2.25 bits per heavy atom. The predicted octanol–water partition coefficient (Wildman–Crippen LogP) is 1.55. The Bertz CT molecular complexity index is 779. The third-order valence-corrected chi connectivity index (χ3v) is 5.47. The van der Waals surface area contributed by atoms with Crippen molar-refractivity contribution in [2.45, 2.75) is 45.4 Å². The number of carbonyl (C=O) groups excluding carboxylic acids is 1. The molecule has 0 unspecified atom stereocenters. The highest BCUT2D eigenvalue weighted by atomic mass is 32.1. The fraction of sp³-hybridized carbons (Fsp3) is 0.471. The van der Waals surface area contributed by atoms with Gasteiger partial charge in [0.05, 0.1) is 17.8 Å². The second kappa shape index (κ2) is 6.86. The Labute approximate surface area is 144 Å². The maximum atomic E-state index is 12.4. The van der Waals surface area contributed by atoms with Crippen LogP contribution < -0.4 is 10.9 Å². The molecule has 0 radical (unpaired) electrons. The fourth-order valence-electron chi connectivity index (χ4n) is 2.93. The second-order valence-corrected chi connectivity index (χ2v) is 7.33. The van der Waals surface area contributed by atoms with E-state index in [2.05, 4.69) is 10.4 Å². The number of aliphatic hydroxyl groups is 1. The molecule has 1 saturated carbocycles. The van der Waals surface area contributed by atoms with Gasteiger partial charge in [-0.15, -0.1) is 11.3 Å². The molecule has 128 valence electrons. The van der Waals surface area contributed by atoms with E-state index in [0.717, 1.165) is 16.1 Å². The van der Waals surface area contributed by atoms with Gasteiger partial charge < -0.3 is 10.4 Å². The number of amides is 1. The van der Waals surface area contributed by atoms with Crippen LogP contribution >= 0.6 is 11.3 Å². The van der Waals surface area contributed by atoms with Crippen molar-refractivity contribution in [3.63, 3.8) is 0 Å². The van der Waals surface area contributed by atoms with Crippen LogP contribution in [0.4, 0.5) is 0 Å². The van der Waals surface area contributed by atoms with Crippen molar-refractivity contribution in [1.82, 2.24) is 15.1 Å². The molecule has 0 bridgehead atoms. The van der Waals surface area contributed by atoms with Gasteiger partial charge in [-0.1, -0.05) is 6.07 Å². The summed E-state index contributed by atoms with van der Waals surface area (Å²) in [6, 6.07) is 5.31. The van der Waals surface area contributed by atoms with Gasteiger partial charge in [0.2, 0.25) is 5.91 Å². The average Bonchev–Trinajstić information content (AvgIpc) is 3.01. The summed E-state index contributed by atoms with van der Waals surface area (Å²) in [6.45, 7) is 3.54. The number of aryl methyl sites for hydroxylation is 2. The minimum atomic E-state index is -0.279. The number of rotatable bonds is 5. The first kappa shape index (κ1) is 16.9. The lowest BCUT2D eigenvalue weighted by Gasteiger charge is -2.37. The summed E-state index contributed by atoms with van der Waals surface area (Å²) >= 11 is 1.59. The van der Waals surface area contributed by atoms with E-state index in [-0.39, 0.29) is 36.1 Å². The Morgan fingerprint density at radius 1 is 1.50 bits per heavy atom. The molecule has 1 atom stereocenters. The summed E-state index contributed by atoms with van der Waals surface area (Å²) < 4.78 is 1.19. The quantitative estimate of drug-likeness (QED) is 0.859. The topological polar surface area (TPSA) is 84.2 Å². The zero-order valence-corrected chi connectivity index (χ0v) is 14.5. The minimum absolute atomic E-state index is 0.100. The SMILES string of the molecule is Cc1cc(=O)n(CC(=O)N[C@H](c2cccs2)C2CC(O)C2)nc1C. The minimum Gasteiger partial charge on any atom is -0.393 e. The van der Waals surface area contributed by atoms with Crippen molar-refractivity contribution in [3.8, 4) is 0 Å². The summed E-state index contributed by atoms with van der Waals surface area (Å²) in [5.74, 6) is -0.0142. The third-order valence-electron chi connectivity index (χ3n) is 4.52. The Hall–Kier alpha value is -1.99. The summed E-state index contributed by atoms with van der Waals surface area (Å²) in [7, 11) is 0. The van der Waals surface area contributed by atoms with Crippen LogP contribution in [0.2, 0.25) is 0 Å². The summed E-state index contributed by atoms with van der Waals surface area (Å²) in [5.41, 5.74) is 1.27. The highest BCUT2D eigenvalue weighted by Gasteiger charge is 2.36. The third kappa shape index (κ3) is 3.57. The van der Waals surface area contributed by atoms with Gasteiger partial charge in [-0.25, -0.2) is 4.68 Å². The van der Waals surface area contributed by atoms with Crippen LogP contribution in [0.5, 0.6) is 0 Å². The molecule has 0 aliphatic heterocycles. The molecular weight excluding hydrogens is 326 g/mol. The average molecular weight is 347 g/mol. The smallest absolute Gasteiger partial charge is 0.267 e. The van der Waals surface area contributed by atoms with Crippen LogP contribution in [0.15, 0.2) is 28.4 Å². The molecule has 1 fully saturated rings. The molecule has 7 heteroatoms. The molecule has 1 aliphatic carbocycles. The fourth-order valence-corrected chi connectivity index (χ4v) is 3.80. The van der Waals surface area contributed by atoms with Gasteiger partial charge in [0.15, 0.2) is 0 Å². The van der Waals surface area contributed by atoms with Crippen LogP contribution in [0.3, 0.4) is 0 Å². The number of nitrogens with one attached hydrogen (secondary N) is 1. The largest absolute Gasteiger partial charge is 0.393 e. The maximum absolute atomic E-state index is 12.4. The van der Waals surface area contributed by atoms with Crippen LogP contribution in [0.25, 0.3) is 0 Å². The van der Waals surface area contributed by atoms with Gasteiger partial charge in [-0.2, -0.15) is 5.10 Å². The van der Waals surface area contributed by atoms with Gasteiger partial charge in [-0.3, -0.25) is 9.59 Å². The van der Waals surface area contributed by atoms with E-state index in [1.54, 1.807) is 11.3 Å². The number of aromatic nitrogens is 2. The summed E-state index contributed by atoms with van der Waals surface area (Å²) in [5, 5.41) is 18.7. The zero-order valence-electron chi connectivity index (χ0n) is 13.7. The zero-order chi connectivity index (χ0) is 17.3. The van der Waals surface area contributed by atoms with Crippen molar-refractivity contribution in [3.05, 3.63) is 50.1 Å². The normalized spacial score (nSPS) is 21.1. The number of carbonyl (C=O) groups is 1. The molecule has 2 heterocycles. The maximum Gasteiger partial charge on any atom is 0.267 e. The van der Waals surface area contributed by atoms with Gasteiger partial charge in [0.25, 0.3) is 5.56 Å². The molecule has 2 aromatic heterocycles. The molecule has 2 aromatic rings. The summed E-state index contributed by atoms with van der Waals surface area (Å²) in [4.78, 5) is 25.5. The second-order valence-electron chi connectivity index (χ2n) is 6.35. The van der Waals surface area contributed by atoms with Gasteiger partial charge in [0, 0.05) is 10.9 Å². The molecule has 2 N–H and O–H groups in total. The molecule has 0 saturated heterocycles. The highest BCUT2D eigenvalue weighted by Crippen LogP contribution is 2.39. The molecular formula is C17H21N3O3S. The number of hydrogen-bond donors (Lipinski definition) is 2. The lowest BCUT2D eigenvalue weighted by molar-refractivity contribution is -0.123. The molecule has 6 nitrogen and oxygen atoms in total. The van der Waals surface area contributed by atoms with Gasteiger partial charge in [0.1, 0.15) is 6.54 Å². The van der Waals surface area contributed by atoms with E-state index in [4.69, 9.17) is 0 Å². The van der Waals surface area contributed by atoms with Crippen molar-refractivity contribution < 1.29 is 9.90 Å². The molecule has 1 amide bonds. The molecule has 0 aromatic carbocycles. The number of aliphatic hydroxyl groups excluding tert-OH is 1. The monoisotopic (exact) mass is 347 g/mol. The first-order valence-electron chi connectivity index (χ1n) is 8.00. The van der Waals surface area contributed by atoms with E-state index in [1.165, 1.54) is 10.7 Å². The highest BCUT2D eigenvalue weighted by molar-refractivity contribution is 7.10. The summed E-state index contributed by atoms with van der Waals surface area (Å²) in [6.07, 6.45) is 1.09. The van der Waals surface area contributed by atoms with Gasteiger partial charge >= 0.3 is 0 Å². The molecule has 0 spiro atoms. The predicted molar refractivity (Wildman–Crippen MR) is 91.9 cm³/mol. The van der Waals surface area contributed by atoms with E-state index in [9.17, 15) is 14.7 Å². The lowest BCUT2D eigenvalue weighted by atomic mass is 9.77. The van der Waals surface area contributed by atoms with Crippen molar-refractivity contribution in [2.75, 3.05) is 0 Å². The Morgan fingerprint density at radius 3 is 2.88 bits per heavy atom. The van der Waals surface area contributed by atoms with E-state index >= 15 is 0 Å². The van der Waals surface area contributed by atoms with Crippen molar-refractivity contribution >= 4 is 17.2 Å². The van der Waals surface area contributed by atoms with Crippen LogP contribution in [-0.4, -0.2) is 26.9 Å². The van der Waals surface area contributed by atoms with E-state index < -0.39 is 0 Å². The lowest BCUT2D eigenvalue weighted by Crippen LogP contribution is -2.43. The molecule has 3 rings (SSSR count). The Kier molecular flexibility index (Phi) is 4.82. The molecule has 1 aliphatic rings. The van der Waals surface area contributed by atoms with Crippen LogP contribution in [0.1, 0.15) is 35.0 Å². The van der Waals surface area contributed by atoms with Crippen LogP contribution in [0, 0.1) is 19.8 Å². The van der Waals surface area contributed by atoms with E-state index in [1.807, 2.05) is 31.4 Å². The van der Waals surface area contributed by atoms with E-state index in [0.29, 0.717) is 12.8 Å². The van der Waals surface area contributed by atoms with Gasteiger partial charge in [-0.05, 0) is 49.6 Å². The number of hydrogen-bond acceptors (Lipinski definition) is 5. The molecule has 24 heavy (non-hydrogen) atoms.